The lowest BCUT2D eigenvalue weighted by atomic mass is 10.1. The van der Waals surface area contributed by atoms with Gasteiger partial charge in [-0.15, -0.1) is 0 Å². The average molecular weight is 271 g/mol. The minimum Gasteiger partial charge on any atom is -0.493 e. The van der Waals surface area contributed by atoms with E-state index in [4.69, 9.17) is 14.2 Å². The van der Waals surface area contributed by atoms with Gasteiger partial charge < -0.3 is 14.2 Å². The Labute approximate surface area is 110 Å². The Bertz CT molecular complexity index is 541. The zero-order valence-corrected chi connectivity index (χ0v) is 11.2. The van der Waals surface area contributed by atoms with Crippen molar-refractivity contribution in [1.82, 2.24) is 0 Å². The van der Waals surface area contributed by atoms with Gasteiger partial charge in [-0.3, -0.25) is 0 Å². The van der Waals surface area contributed by atoms with Crippen molar-refractivity contribution in [1.29, 1.82) is 0 Å². The van der Waals surface area contributed by atoms with Crippen LogP contribution >= 0.6 is 0 Å². The van der Waals surface area contributed by atoms with E-state index in [9.17, 15) is 8.78 Å². The predicted octanol–water partition coefficient (Wildman–Crippen LogP) is 2.54. The first-order valence-electron chi connectivity index (χ1n) is 5.72. The normalized spacial score (nSPS) is 16.8. The van der Waals surface area contributed by atoms with E-state index in [1.54, 1.807) is 0 Å². The molecule has 0 aromatic heterocycles. The minimum atomic E-state index is -0.879. The standard InChI is InChI=1S/C13H15F2NO3/c1-13(2)6-19-12(16-13)9-7(14)5-8(17-3)11(18-4)10(9)15/h5H,6H2,1-4H3. The quantitative estimate of drug-likeness (QED) is 0.848. The van der Waals surface area contributed by atoms with E-state index in [-0.39, 0.29) is 29.6 Å². The van der Waals surface area contributed by atoms with Crippen LogP contribution in [0.1, 0.15) is 19.4 Å². The number of halogens is 2. The maximum absolute atomic E-state index is 14.3. The van der Waals surface area contributed by atoms with Crippen molar-refractivity contribution >= 4 is 5.90 Å². The monoisotopic (exact) mass is 271 g/mol. The summed E-state index contributed by atoms with van der Waals surface area (Å²) < 4.78 is 43.3. The van der Waals surface area contributed by atoms with E-state index >= 15 is 0 Å². The molecular weight excluding hydrogens is 256 g/mol. The summed E-state index contributed by atoms with van der Waals surface area (Å²) in [6, 6.07) is 1.05. The summed E-state index contributed by atoms with van der Waals surface area (Å²) in [4.78, 5) is 4.16. The maximum Gasteiger partial charge on any atom is 0.223 e. The molecule has 0 atom stereocenters. The highest BCUT2D eigenvalue weighted by Crippen LogP contribution is 2.35. The van der Waals surface area contributed by atoms with Gasteiger partial charge in [0.15, 0.2) is 17.3 Å². The van der Waals surface area contributed by atoms with Crippen molar-refractivity contribution in [3.05, 3.63) is 23.3 Å². The molecule has 0 spiro atoms. The molecule has 1 aliphatic rings. The lowest BCUT2D eigenvalue weighted by Crippen LogP contribution is -2.17. The summed E-state index contributed by atoms with van der Waals surface area (Å²) in [5, 5.41) is 0. The zero-order chi connectivity index (χ0) is 14.2. The third-order valence-electron chi connectivity index (χ3n) is 2.74. The molecular formula is C13H15F2NO3. The lowest BCUT2D eigenvalue weighted by Gasteiger charge is -2.12. The molecule has 0 saturated heterocycles. The molecule has 0 saturated carbocycles. The second-order valence-electron chi connectivity index (χ2n) is 4.80. The lowest BCUT2D eigenvalue weighted by molar-refractivity contribution is 0.277. The van der Waals surface area contributed by atoms with Gasteiger partial charge in [-0.25, -0.2) is 13.8 Å². The first-order valence-corrected chi connectivity index (χ1v) is 5.72. The van der Waals surface area contributed by atoms with Gasteiger partial charge in [0.25, 0.3) is 0 Å². The fourth-order valence-corrected chi connectivity index (χ4v) is 1.83. The van der Waals surface area contributed by atoms with Gasteiger partial charge in [0.1, 0.15) is 18.0 Å². The fourth-order valence-electron chi connectivity index (χ4n) is 1.83. The smallest absolute Gasteiger partial charge is 0.223 e. The molecule has 0 N–H and O–H groups in total. The van der Waals surface area contributed by atoms with Crippen LogP contribution < -0.4 is 9.47 Å². The summed E-state index contributed by atoms with van der Waals surface area (Å²) in [5.74, 6) is -1.92. The molecule has 104 valence electrons. The topological polar surface area (TPSA) is 40.0 Å². The molecule has 4 nitrogen and oxygen atoms in total. The Morgan fingerprint density at radius 2 is 1.95 bits per heavy atom. The van der Waals surface area contributed by atoms with E-state index < -0.39 is 17.2 Å². The molecule has 1 aliphatic heterocycles. The van der Waals surface area contributed by atoms with Gasteiger partial charge in [0, 0.05) is 6.07 Å². The van der Waals surface area contributed by atoms with Crippen molar-refractivity contribution in [2.75, 3.05) is 20.8 Å². The number of benzene rings is 1. The number of rotatable bonds is 3. The molecule has 1 aromatic carbocycles. The molecule has 0 amide bonds. The van der Waals surface area contributed by atoms with Gasteiger partial charge in [0.05, 0.1) is 19.8 Å². The van der Waals surface area contributed by atoms with Crippen LogP contribution in [0.2, 0.25) is 0 Å². The highest BCUT2D eigenvalue weighted by molar-refractivity contribution is 5.96. The van der Waals surface area contributed by atoms with E-state index in [1.165, 1.54) is 14.2 Å². The highest BCUT2D eigenvalue weighted by atomic mass is 19.1. The highest BCUT2D eigenvalue weighted by Gasteiger charge is 2.32. The minimum absolute atomic E-state index is 0.0147. The van der Waals surface area contributed by atoms with E-state index in [1.807, 2.05) is 13.8 Å². The van der Waals surface area contributed by atoms with Crippen LogP contribution in [0.15, 0.2) is 11.1 Å². The number of methoxy groups -OCH3 is 2. The Balaban J connectivity index is 2.59. The zero-order valence-electron chi connectivity index (χ0n) is 11.2. The Hall–Kier alpha value is -1.85. The largest absolute Gasteiger partial charge is 0.493 e. The van der Waals surface area contributed by atoms with Crippen LogP contribution in [0.3, 0.4) is 0 Å². The molecule has 0 fully saturated rings. The summed E-state index contributed by atoms with van der Waals surface area (Å²) in [7, 11) is 2.59. The van der Waals surface area contributed by atoms with E-state index in [2.05, 4.69) is 4.99 Å². The van der Waals surface area contributed by atoms with Crippen LogP contribution in [0.5, 0.6) is 11.5 Å². The van der Waals surface area contributed by atoms with Gasteiger partial charge >= 0.3 is 0 Å². The number of ether oxygens (including phenoxy) is 3. The van der Waals surface area contributed by atoms with Crippen molar-refractivity contribution < 1.29 is 23.0 Å². The van der Waals surface area contributed by atoms with E-state index in [0.29, 0.717) is 0 Å². The van der Waals surface area contributed by atoms with E-state index in [0.717, 1.165) is 6.07 Å². The van der Waals surface area contributed by atoms with Crippen molar-refractivity contribution in [2.45, 2.75) is 19.4 Å². The Kier molecular flexibility index (Phi) is 3.34. The summed E-state index contributed by atoms with van der Waals surface area (Å²) in [6.07, 6.45) is 0. The number of hydrogen-bond donors (Lipinski definition) is 0. The molecule has 6 heteroatoms. The van der Waals surface area contributed by atoms with Crippen LogP contribution in [0.4, 0.5) is 8.78 Å². The molecule has 2 rings (SSSR count). The third-order valence-corrected chi connectivity index (χ3v) is 2.74. The second-order valence-corrected chi connectivity index (χ2v) is 4.80. The molecule has 1 heterocycles. The Morgan fingerprint density at radius 3 is 2.42 bits per heavy atom. The molecule has 1 aromatic rings. The Morgan fingerprint density at radius 1 is 1.26 bits per heavy atom. The number of nitrogens with zero attached hydrogens (tertiary/aromatic N) is 1. The van der Waals surface area contributed by atoms with Gasteiger partial charge in [0.2, 0.25) is 5.90 Å². The summed E-state index contributed by atoms with van der Waals surface area (Å²) in [6.45, 7) is 3.91. The predicted molar refractivity (Wildman–Crippen MR) is 66.0 cm³/mol. The summed E-state index contributed by atoms with van der Waals surface area (Å²) in [5.41, 5.74) is -0.829. The SMILES string of the molecule is COc1cc(F)c(C2=NC(C)(C)CO2)c(F)c1OC. The third kappa shape index (κ3) is 2.34. The second kappa shape index (κ2) is 4.68. The van der Waals surface area contributed by atoms with Crippen molar-refractivity contribution in [3.63, 3.8) is 0 Å². The fraction of sp³-hybridized carbons (Fsp3) is 0.462. The van der Waals surface area contributed by atoms with Crippen LogP contribution in [0.25, 0.3) is 0 Å². The van der Waals surface area contributed by atoms with Gasteiger partial charge in [-0.1, -0.05) is 0 Å². The molecule has 0 aliphatic carbocycles. The summed E-state index contributed by atoms with van der Waals surface area (Å²) >= 11 is 0. The first kappa shape index (κ1) is 13.6. The van der Waals surface area contributed by atoms with Crippen molar-refractivity contribution in [2.24, 2.45) is 4.99 Å². The van der Waals surface area contributed by atoms with Crippen LogP contribution in [0, 0.1) is 11.6 Å². The van der Waals surface area contributed by atoms with Gasteiger partial charge in [-0.2, -0.15) is 0 Å². The van der Waals surface area contributed by atoms with Crippen LogP contribution in [-0.4, -0.2) is 32.3 Å². The maximum atomic E-state index is 14.3. The molecule has 0 radical (unpaired) electrons. The van der Waals surface area contributed by atoms with Crippen LogP contribution in [-0.2, 0) is 4.74 Å². The first-order chi connectivity index (χ1) is 8.89. The van der Waals surface area contributed by atoms with Gasteiger partial charge in [-0.05, 0) is 13.8 Å². The van der Waals surface area contributed by atoms with Crippen molar-refractivity contribution in [3.8, 4) is 11.5 Å². The molecule has 0 unspecified atom stereocenters. The average Bonchev–Trinajstić information content (AvgIpc) is 2.68. The number of hydrogen-bond acceptors (Lipinski definition) is 4. The molecule has 0 bridgehead atoms. The number of aliphatic imine (C=N–C) groups is 1. The molecule has 19 heavy (non-hydrogen) atoms.